The van der Waals surface area contributed by atoms with Gasteiger partial charge in [0.2, 0.25) is 0 Å². The Hall–Kier alpha value is -2.57. The molecule has 1 saturated heterocycles. The summed E-state index contributed by atoms with van der Waals surface area (Å²) in [7, 11) is 0. The van der Waals surface area contributed by atoms with E-state index in [1.54, 1.807) is 31.2 Å². The van der Waals surface area contributed by atoms with Crippen LogP contribution in [0, 0.1) is 5.92 Å². The van der Waals surface area contributed by atoms with Gasteiger partial charge in [-0.2, -0.15) is 0 Å². The van der Waals surface area contributed by atoms with Gasteiger partial charge in [0.1, 0.15) is 12.0 Å². The quantitative estimate of drug-likeness (QED) is 0.752. The van der Waals surface area contributed by atoms with Crippen LogP contribution >= 0.6 is 23.2 Å². The molecule has 0 radical (unpaired) electrons. The molecular formula is C20H18Cl2N2O4. The van der Waals surface area contributed by atoms with Crippen LogP contribution in [0.2, 0.25) is 10.0 Å². The normalized spacial score (nSPS) is 18.8. The number of carbonyl (C=O) groups excluding carboxylic acids is 3. The molecule has 3 rings (SSSR count). The maximum absolute atomic E-state index is 13.0. The van der Waals surface area contributed by atoms with Crippen molar-refractivity contribution in [3.05, 3.63) is 64.1 Å². The van der Waals surface area contributed by atoms with Gasteiger partial charge in [0.25, 0.3) is 11.8 Å². The third-order valence-corrected chi connectivity index (χ3v) is 5.18. The highest BCUT2D eigenvalue weighted by molar-refractivity contribution is 6.42. The molecule has 0 bridgehead atoms. The van der Waals surface area contributed by atoms with E-state index in [1.165, 1.54) is 23.1 Å². The molecule has 1 aliphatic heterocycles. The molecule has 0 aliphatic carbocycles. The minimum Gasteiger partial charge on any atom is -0.466 e. The van der Waals surface area contributed by atoms with Gasteiger partial charge in [0.05, 0.1) is 16.7 Å². The van der Waals surface area contributed by atoms with Crippen LogP contribution in [0.4, 0.5) is 5.69 Å². The van der Waals surface area contributed by atoms with Crippen LogP contribution in [0.5, 0.6) is 0 Å². The van der Waals surface area contributed by atoms with E-state index in [0.29, 0.717) is 10.7 Å². The van der Waals surface area contributed by atoms with E-state index < -0.39 is 23.8 Å². The minimum atomic E-state index is -1.04. The summed E-state index contributed by atoms with van der Waals surface area (Å²) >= 11 is 11.8. The largest absolute Gasteiger partial charge is 0.466 e. The van der Waals surface area contributed by atoms with E-state index in [9.17, 15) is 14.4 Å². The molecule has 2 aromatic carbocycles. The van der Waals surface area contributed by atoms with Crippen molar-refractivity contribution in [2.45, 2.75) is 13.0 Å². The predicted molar refractivity (Wildman–Crippen MR) is 107 cm³/mol. The van der Waals surface area contributed by atoms with Crippen molar-refractivity contribution >= 4 is 46.7 Å². The van der Waals surface area contributed by atoms with Crippen LogP contribution in [0.1, 0.15) is 17.3 Å². The Bertz CT molecular complexity index is 904. The lowest BCUT2D eigenvalue weighted by Crippen LogP contribution is -2.46. The number of esters is 1. The molecule has 0 spiro atoms. The zero-order valence-electron chi connectivity index (χ0n) is 15.0. The summed E-state index contributed by atoms with van der Waals surface area (Å²) in [5.41, 5.74) is 0.885. The van der Waals surface area contributed by atoms with Crippen LogP contribution in [-0.2, 0) is 14.3 Å². The molecule has 6 nitrogen and oxygen atoms in total. The summed E-state index contributed by atoms with van der Waals surface area (Å²) < 4.78 is 5.10. The molecule has 146 valence electrons. The average Bonchev–Trinajstić information content (AvgIpc) is 3.01. The number of rotatable bonds is 5. The smallest absolute Gasteiger partial charge is 0.313 e. The topological polar surface area (TPSA) is 75.7 Å². The number of nitrogens with one attached hydrogen (secondary N) is 1. The van der Waals surface area contributed by atoms with Crippen LogP contribution in [0.15, 0.2) is 48.5 Å². The second kappa shape index (κ2) is 8.63. The van der Waals surface area contributed by atoms with E-state index in [-0.39, 0.29) is 29.6 Å². The number of anilines is 1. The summed E-state index contributed by atoms with van der Waals surface area (Å²) in [4.78, 5) is 39.5. The number of amides is 2. The highest BCUT2D eigenvalue weighted by Crippen LogP contribution is 2.27. The Morgan fingerprint density at radius 3 is 2.50 bits per heavy atom. The van der Waals surface area contributed by atoms with Crippen LogP contribution < -0.4 is 10.2 Å². The number of benzene rings is 2. The zero-order chi connectivity index (χ0) is 20.3. The Morgan fingerprint density at radius 2 is 1.86 bits per heavy atom. The SMILES string of the molecule is CCOC(=O)C1CN(c2ccccc2)C(=O)C1NC(=O)c1ccc(Cl)c(Cl)c1. The Balaban J connectivity index is 1.86. The molecular weight excluding hydrogens is 403 g/mol. The first-order valence-corrected chi connectivity index (χ1v) is 9.47. The molecule has 1 N–H and O–H groups in total. The predicted octanol–water partition coefficient (Wildman–Crippen LogP) is 3.32. The van der Waals surface area contributed by atoms with E-state index in [4.69, 9.17) is 27.9 Å². The standard InChI is InChI=1S/C20H18Cl2N2O4/c1-2-28-20(27)14-11-24(13-6-4-3-5-7-13)19(26)17(14)23-18(25)12-8-9-15(21)16(22)10-12/h3-10,14,17H,2,11H2,1H3,(H,23,25). The third-order valence-electron chi connectivity index (χ3n) is 4.44. The van der Waals surface area contributed by atoms with Gasteiger partial charge in [-0.1, -0.05) is 41.4 Å². The molecule has 1 heterocycles. The van der Waals surface area contributed by atoms with Gasteiger partial charge in [-0.15, -0.1) is 0 Å². The number of hydrogen-bond donors (Lipinski definition) is 1. The Morgan fingerprint density at radius 1 is 1.14 bits per heavy atom. The highest BCUT2D eigenvalue weighted by Gasteiger charge is 2.46. The van der Waals surface area contributed by atoms with Crippen molar-refractivity contribution in [1.82, 2.24) is 5.32 Å². The summed E-state index contributed by atoms with van der Waals surface area (Å²) in [6.07, 6.45) is 0. The second-order valence-electron chi connectivity index (χ2n) is 6.22. The van der Waals surface area contributed by atoms with Gasteiger partial charge in [-0.05, 0) is 37.3 Å². The monoisotopic (exact) mass is 420 g/mol. The number of halogens is 2. The lowest BCUT2D eigenvalue weighted by Gasteiger charge is -2.17. The summed E-state index contributed by atoms with van der Waals surface area (Å²) in [6.45, 7) is 1.99. The zero-order valence-corrected chi connectivity index (χ0v) is 16.5. The molecule has 0 saturated carbocycles. The van der Waals surface area contributed by atoms with Gasteiger partial charge in [0.15, 0.2) is 0 Å². The molecule has 2 unspecified atom stereocenters. The molecule has 1 fully saturated rings. The molecule has 1 aliphatic rings. The maximum atomic E-state index is 13.0. The van der Waals surface area contributed by atoms with Gasteiger partial charge < -0.3 is 15.0 Å². The van der Waals surface area contributed by atoms with Crippen molar-refractivity contribution in [2.24, 2.45) is 5.92 Å². The molecule has 28 heavy (non-hydrogen) atoms. The fourth-order valence-corrected chi connectivity index (χ4v) is 3.35. The van der Waals surface area contributed by atoms with Crippen molar-refractivity contribution in [2.75, 3.05) is 18.1 Å². The van der Waals surface area contributed by atoms with Crippen molar-refractivity contribution < 1.29 is 19.1 Å². The van der Waals surface area contributed by atoms with Crippen molar-refractivity contribution in [3.63, 3.8) is 0 Å². The van der Waals surface area contributed by atoms with E-state index in [0.717, 1.165) is 0 Å². The lowest BCUT2D eigenvalue weighted by molar-refractivity contribution is -0.148. The number of carbonyl (C=O) groups is 3. The van der Waals surface area contributed by atoms with Crippen molar-refractivity contribution in [1.29, 1.82) is 0 Å². The van der Waals surface area contributed by atoms with E-state index in [1.807, 2.05) is 6.07 Å². The molecule has 8 heteroatoms. The molecule has 0 aromatic heterocycles. The number of nitrogens with zero attached hydrogens (tertiary/aromatic N) is 1. The number of ether oxygens (including phenoxy) is 1. The van der Waals surface area contributed by atoms with Gasteiger partial charge in [-0.25, -0.2) is 0 Å². The van der Waals surface area contributed by atoms with Crippen molar-refractivity contribution in [3.8, 4) is 0 Å². The molecule has 2 aromatic rings. The first-order chi connectivity index (χ1) is 13.4. The Kier molecular flexibility index (Phi) is 6.21. The Labute approximate surface area is 172 Å². The van der Waals surface area contributed by atoms with Gasteiger partial charge in [0, 0.05) is 17.8 Å². The fraction of sp³-hybridized carbons (Fsp3) is 0.250. The summed E-state index contributed by atoms with van der Waals surface area (Å²) in [6, 6.07) is 12.3. The van der Waals surface area contributed by atoms with Gasteiger partial charge in [-0.3, -0.25) is 14.4 Å². The van der Waals surface area contributed by atoms with Crippen LogP contribution in [0.25, 0.3) is 0 Å². The second-order valence-corrected chi connectivity index (χ2v) is 7.04. The lowest BCUT2D eigenvalue weighted by atomic mass is 10.0. The fourth-order valence-electron chi connectivity index (χ4n) is 3.06. The maximum Gasteiger partial charge on any atom is 0.313 e. The number of para-hydroxylation sites is 1. The first-order valence-electron chi connectivity index (χ1n) is 8.71. The average molecular weight is 421 g/mol. The summed E-state index contributed by atoms with van der Waals surface area (Å²) in [5, 5.41) is 3.18. The molecule has 2 amide bonds. The first kappa shape index (κ1) is 20.2. The van der Waals surface area contributed by atoms with Crippen LogP contribution in [-0.4, -0.2) is 37.0 Å². The minimum absolute atomic E-state index is 0.119. The van der Waals surface area contributed by atoms with E-state index in [2.05, 4.69) is 5.32 Å². The summed E-state index contributed by atoms with van der Waals surface area (Å²) in [5.74, 6) is -2.26. The molecule has 2 atom stereocenters. The highest BCUT2D eigenvalue weighted by atomic mass is 35.5. The van der Waals surface area contributed by atoms with E-state index >= 15 is 0 Å². The third kappa shape index (κ3) is 4.13. The number of hydrogen-bond acceptors (Lipinski definition) is 4. The van der Waals surface area contributed by atoms with Crippen LogP contribution in [0.3, 0.4) is 0 Å². The van der Waals surface area contributed by atoms with Gasteiger partial charge >= 0.3 is 5.97 Å².